The quantitative estimate of drug-likeness (QED) is 0.175. The molecule has 0 spiro atoms. The van der Waals surface area contributed by atoms with Gasteiger partial charge in [0, 0.05) is 29.8 Å². The van der Waals surface area contributed by atoms with Crippen LogP contribution in [0.15, 0.2) is 78.0 Å². The van der Waals surface area contributed by atoms with Crippen molar-refractivity contribution in [1.29, 1.82) is 0 Å². The Morgan fingerprint density at radius 2 is 1.86 bits per heavy atom. The van der Waals surface area contributed by atoms with Crippen LogP contribution < -0.4 is 15.6 Å². The molecular weight excluding hydrogens is 528 g/mol. The van der Waals surface area contributed by atoms with E-state index in [-0.39, 0.29) is 11.5 Å². The highest BCUT2D eigenvalue weighted by molar-refractivity contribution is 6.04. The Balaban J connectivity index is 1.26. The number of carbonyl (C=O) groups excluding carboxylic acids is 1. The van der Waals surface area contributed by atoms with Gasteiger partial charge in [-0.2, -0.15) is 5.10 Å². The third-order valence-electron chi connectivity index (χ3n) is 7.50. The summed E-state index contributed by atoms with van der Waals surface area (Å²) in [5.41, 5.74) is 5.01. The summed E-state index contributed by atoms with van der Waals surface area (Å²) in [5, 5.41) is 8.17. The number of likely N-dealkylation sites (N-methyl/N-ethyl adjacent to an activating group) is 1. The Labute approximate surface area is 245 Å². The molecular formula is C33H38N6O3. The fourth-order valence-corrected chi connectivity index (χ4v) is 4.90. The molecule has 0 aliphatic carbocycles. The van der Waals surface area contributed by atoms with Gasteiger partial charge in [0.1, 0.15) is 12.4 Å². The summed E-state index contributed by atoms with van der Waals surface area (Å²) in [7, 11) is 0. The standard InChI is InChI=1S/C33H38N6O3/c1-5-38(6-2)13-14-42-28-11-12-30-25(15-28)16-31(37-30)29-17-27(19-34-33(29)41)36-32(40)26-18-35-39(21-26)20-23-7-9-24(10-8-23)22(3)4/h7-12,15-19,21-22,37H,5-6,13-14,20H2,1-4H3,(H,34,41)(H,36,40). The summed E-state index contributed by atoms with van der Waals surface area (Å²) in [6, 6.07) is 17.8. The molecule has 0 atom stereocenters. The van der Waals surface area contributed by atoms with E-state index in [1.165, 1.54) is 11.8 Å². The molecule has 0 unspecified atom stereocenters. The van der Waals surface area contributed by atoms with E-state index in [1.54, 1.807) is 23.1 Å². The van der Waals surface area contributed by atoms with Gasteiger partial charge in [-0.05, 0) is 60.5 Å². The van der Waals surface area contributed by atoms with Gasteiger partial charge in [-0.25, -0.2) is 0 Å². The van der Waals surface area contributed by atoms with Crippen molar-refractivity contribution in [3.63, 3.8) is 0 Å². The summed E-state index contributed by atoms with van der Waals surface area (Å²) >= 11 is 0. The summed E-state index contributed by atoms with van der Waals surface area (Å²) in [5.74, 6) is 0.949. The maximum atomic E-state index is 13.0. The van der Waals surface area contributed by atoms with E-state index < -0.39 is 0 Å². The summed E-state index contributed by atoms with van der Waals surface area (Å²) in [4.78, 5) is 34.1. The number of aromatic nitrogens is 4. The number of amides is 1. The van der Waals surface area contributed by atoms with E-state index in [0.717, 1.165) is 41.9 Å². The van der Waals surface area contributed by atoms with Crippen LogP contribution >= 0.6 is 0 Å². The van der Waals surface area contributed by atoms with Crippen LogP contribution in [-0.2, 0) is 6.54 Å². The molecule has 3 N–H and O–H groups in total. The van der Waals surface area contributed by atoms with E-state index in [1.807, 2.05) is 24.3 Å². The minimum absolute atomic E-state index is 0.258. The molecule has 3 aromatic heterocycles. The van der Waals surface area contributed by atoms with Gasteiger partial charge in [-0.1, -0.05) is 52.0 Å². The molecule has 0 radical (unpaired) electrons. The van der Waals surface area contributed by atoms with Crippen molar-refractivity contribution in [1.82, 2.24) is 24.6 Å². The van der Waals surface area contributed by atoms with Crippen LogP contribution in [0.4, 0.5) is 5.69 Å². The first kappa shape index (κ1) is 28.9. The van der Waals surface area contributed by atoms with E-state index >= 15 is 0 Å². The third-order valence-corrected chi connectivity index (χ3v) is 7.50. The summed E-state index contributed by atoms with van der Waals surface area (Å²) in [6.07, 6.45) is 4.76. The number of anilines is 1. The average Bonchev–Trinajstić information content (AvgIpc) is 3.63. The number of carbonyl (C=O) groups is 1. The number of pyridine rings is 1. The number of hydrogen-bond donors (Lipinski definition) is 3. The Morgan fingerprint density at radius 1 is 1.07 bits per heavy atom. The van der Waals surface area contributed by atoms with Gasteiger partial charge in [0.25, 0.3) is 11.5 Å². The SMILES string of the molecule is CCN(CC)CCOc1ccc2[nH]c(-c3cc(NC(=O)c4cnn(Cc5ccc(C(C)C)cc5)c4)c[nH]c3=O)cc2c1. The van der Waals surface area contributed by atoms with Crippen molar-refractivity contribution in [2.45, 2.75) is 40.2 Å². The van der Waals surface area contributed by atoms with E-state index in [2.05, 4.69) is 77.2 Å². The zero-order valence-corrected chi connectivity index (χ0v) is 24.6. The lowest BCUT2D eigenvalue weighted by Gasteiger charge is -2.17. The molecule has 0 bridgehead atoms. The van der Waals surface area contributed by atoms with Gasteiger partial charge >= 0.3 is 0 Å². The topological polar surface area (TPSA) is 108 Å². The highest BCUT2D eigenvalue weighted by Gasteiger charge is 2.13. The Morgan fingerprint density at radius 3 is 2.60 bits per heavy atom. The number of aromatic amines is 2. The zero-order chi connectivity index (χ0) is 29.6. The Hall–Kier alpha value is -4.63. The largest absolute Gasteiger partial charge is 0.492 e. The monoisotopic (exact) mass is 566 g/mol. The van der Waals surface area contributed by atoms with Gasteiger partial charge in [-0.3, -0.25) is 14.3 Å². The van der Waals surface area contributed by atoms with Crippen LogP contribution in [0.1, 0.15) is 55.1 Å². The number of nitrogens with zero attached hydrogens (tertiary/aromatic N) is 3. The first-order valence-corrected chi connectivity index (χ1v) is 14.5. The molecule has 5 aromatic rings. The van der Waals surface area contributed by atoms with Crippen LogP contribution in [0.2, 0.25) is 0 Å². The van der Waals surface area contributed by atoms with Crippen LogP contribution in [0.3, 0.4) is 0 Å². The molecule has 0 saturated carbocycles. The average molecular weight is 567 g/mol. The highest BCUT2D eigenvalue weighted by Crippen LogP contribution is 2.27. The number of fused-ring (bicyclic) bond motifs is 1. The predicted molar refractivity (Wildman–Crippen MR) is 167 cm³/mol. The molecule has 1 amide bonds. The smallest absolute Gasteiger partial charge is 0.258 e. The third kappa shape index (κ3) is 6.80. The van der Waals surface area contributed by atoms with Crippen molar-refractivity contribution in [3.8, 4) is 17.0 Å². The zero-order valence-electron chi connectivity index (χ0n) is 24.6. The second-order valence-electron chi connectivity index (χ2n) is 10.7. The molecule has 5 rings (SSSR count). The summed E-state index contributed by atoms with van der Waals surface area (Å²) in [6.45, 7) is 12.6. The highest BCUT2D eigenvalue weighted by atomic mass is 16.5. The maximum absolute atomic E-state index is 13.0. The first-order valence-electron chi connectivity index (χ1n) is 14.5. The van der Waals surface area contributed by atoms with Crippen molar-refractivity contribution in [2.75, 3.05) is 31.6 Å². The molecule has 9 heteroatoms. The van der Waals surface area contributed by atoms with E-state index in [9.17, 15) is 9.59 Å². The van der Waals surface area contributed by atoms with Gasteiger partial charge in [0.15, 0.2) is 0 Å². The van der Waals surface area contributed by atoms with Gasteiger partial charge in [0.2, 0.25) is 0 Å². The van der Waals surface area contributed by atoms with Crippen LogP contribution in [0.5, 0.6) is 5.75 Å². The van der Waals surface area contributed by atoms with Crippen LogP contribution in [-0.4, -0.2) is 56.8 Å². The second kappa shape index (κ2) is 12.9. The molecule has 218 valence electrons. The molecule has 0 aliphatic rings. The van der Waals surface area contributed by atoms with Crippen molar-refractivity contribution in [3.05, 3.63) is 100 Å². The molecule has 0 fully saturated rings. The number of hydrogen-bond acceptors (Lipinski definition) is 5. The molecule has 3 heterocycles. The van der Waals surface area contributed by atoms with Crippen LogP contribution in [0, 0.1) is 0 Å². The fraction of sp³-hybridized carbons (Fsp3) is 0.303. The normalized spacial score (nSPS) is 11.5. The van der Waals surface area contributed by atoms with Crippen molar-refractivity contribution < 1.29 is 9.53 Å². The molecule has 2 aromatic carbocycles. The molecule has 42 heavy (non-hydrogen) atoms. The van der Waals surface area contributed by atoms with Gasteiger partial charge in [0.05, 0.1) is 35.2 Å². The van der Waals surface area contributed by atoms with Crippen molar-refractivity contribution in [2.24, 2.45) is 0 Å². The minimum Gasteiger partial charge on any atom is -0.492 e. The maximum Gasteiger partial charge on any atom is 0.258 e. The lowest BCUT2D eigenvalue weighted by molar-refractivity contribution is 0.102. The van der Waals surface area contributed by atoms with Crippen LogP contribution in [0.25, 0.3) is 22.2 Å². The predicted octanol–water partition coefficient (Wildman–Crippen LogP) is 5.86. The minimum atomic E-state index is -0.308. The summed E-state index contributed by atoms with van der Waals surface area (Å²) < 4.78 is 7.70. The van der Waals surface area contributed by atoms with E-state index in [4.69, 9.17) is 4.74 Å². The number of H-pyrrole nitrogens is 2. The lowest BCUT2D eigenvalue weighted by atomic mass is 10.0. The lowest BCUT2D eigenvalue weighted by Crippen LogP contribution is -2.27. The Bertz CT molecular complexity index is 1710. The van der Waals surface area contributed by atoms with Gasteiger partial charge < -0.3 is 24.9 Å². The first-order chi connectivity index (χ1) is 20.3. The fourth-order valence-electron chi connectivity index (χ4n) is 4.90. The second-order valence-corrected chi connectivity index (χ2v) is 10.7. The molecule has 0 aliphatic heterocycles. The number of rotatable bonds is 12. The molecule has 9 nitrogen and oxygen atoms in total. The number of benzene rings is 2. The van der Waals surface area contributed by atoms with Gasteiger partial charge in [-0.15, -0.1) is 0 Å². The number of ether oxygens (including phenoxy) is 1. The molecule has 0 saturated heterocycles. The van der Waals surface area contributed by atoms with E-state index in [0.29, 0.717) is 41.6 Å². The van der Waals surface area contributed by atoms with Crippen molar-refractivity contribution >= 4 is 22.5 Å². The number of nitrogens with one attached hydrogen (secondary N) is 3. The Kier molecular flexibility index (Phi) is 8.88.